The Balaban J connectivity index is 1.65. The lowest BCUT2D eigenvalue weighted by Crippen LogP contribution is -2.40. The molecule has 0 aliphatic rings. The van der Waals surface area contributed by atoms with Crippen molar-refractivity contribution in [1.82, 2.24) is 20.2 Å². The van der Waals surface area contributed by atoms with Gasteiger partial charge in [-0.3, -0.25) is 4.98 Å². The molecule has 2 heterocycles. The molecule has 0 bridgehead atoms. The number of carbonyl (C=O) groups is 1. The van der Waals surface area contributed by atoms with Crippen LogP contribution in [-0.4, -0.2) is 47.6 Å². The molecule has 0 saturated heterocycles. The van der Waals surface area contributed by atoms with Crippen molar-refractivity contribution in [2.75, 3.05) is 32.0 Å². The zero-order valence-corrected chi connectivity index (χ0v) is 13.6. The summed E-state index contributed by atoms with van der Waals surface area (Å²) in [4.78, 5) is 22.2. The summed E-state index contributed by atoms with van der Waals surface area (Å²) in [6.07, 6.45) is 4.26. The largest absolute Gasteiger partial charge is 0.368 e. The molecule has 6 nitrogen and oxygen atoms in total. The number of aryl methyl sites for hydroxylation is 1. The van der Waals surface area contributed by atoms with Crippen LogP contribution in [0, 0.1) is 6.92 Å². The lowest BCUT2D eigenvalue weighted by Gasteiger charge is -2.18. The summed E-state index contributed by atoms with van der Waals surface area (Å²) in [7, 11) is 1.79. The van der Waals surface area contributed by atoms with Gasteiger partial charge in [-0.15, -0.1) is 0 Å². The second-order valence-electron chi connectivity index (χ2n) is 5.32. The minimum atomic E-state index is -0.0829. The van der Waals surface area contributed by atoms with E-state index in [1.165, 1.54) is 0 Å². The maximum absolute atomic E-state index is 12.0. The Morgan fingerprint density at radius 3 is 2.70 bits per heavy atom. The Bertz CT molecular complexity index is 617. The van der Waals surface area contributed by atoms with Crippen molar-refractivity contribution in [2.45, 2.75) is 13.3 Å². The first-order chi connectivity index (χ1) is 11.2. The molecule has 0 aromatic carbocycles. The fraction of sp³-hybridized carbons (Fsp3) is 0.353. The van der Waals surface area contributed by atoms with E-state index in [4.69, 9.17) is 0 Å². The van der Waals surface area contributed by atoms with Crippen molar-refractivity contribution in [3.05, 3.63) is 54.0 Å². The molecule has 0 unspecified atom stereocenters. The number of hydrogen-bond acceptors (Lipinski definition) is 4. The van der Waals surface area contributed by atoms with Gasteiger partial charge in [0.2, 0.25) is 0 Å². The first-order valence-electron chi connectivity index (χ1n) is 7.71. The predicted molar refractivity (Wildman–Crippen MR) is 91.4 cm³/mol. The van der Waals surface area contributed by atoms with Gasteiger partial charge in [0.25, 0.3) is 0 Å². The Morgan fingerprint density at radius 1 is 1.13 bits per heavy atom. The third-order valence-corrected chi connectivity index (χ3v) is 3.48. The molecule has 0 aliphatic carbocycles. The summed E-state index contributed by atoms with van der Waals surface area (Å²) in [6.45, 7) is 3.81. The molecule has 2 amide bonds. The van der Waals surface area contributed by atoms with Gasteiger partial charge in [0.15, 0.2) is 0 Å². The molecule has 0 spiro atoms. The van der Waals surface area contributed by atoms with Gasteiger partial charge in [-0.05, 0) is 30.7 Å². The summed E-state index contributed by atoms with van der Waals surface area (Å²) in [5, 5.41) is 6.10. The van der Waals surface area contributed by atoms with Gasteiger partial charge in [-0.2, -0.15) is 0 Å². The van der Waals surface area contributed by atoms with E-state index in [0.29, 0.717) is 19.6 Å². The molecule has 2 rings (SSSR count). The van der Waals surface area contributed by atoms with Crippen molar-refractivity contribution >= 4 is 11.8 Å². The molecular formula is C17H23N5O. The van der Waals surface area contributed by atoms with E-state index in [2.05, 4.69) is 20.6 Å². The van der Waals surface area contributed by atoms with Crippen molar-refractivity contribution in [3.8, 4) is 0 Å². The highest BCUT2D eigenvalue weighted by Crippen LogP contribution is 2.07. The van der Waals surface area contributed by atoms with E-state index in [1.807, 2.05) is 37.3 Å². The number of nitrogens with zero attached hydrogens (tertiary/aromatic N) is 3. The smallest absolute Gasteiger partial charge is 0.317 e. The Hall–Kier alpha value is -2.63. The summed E-state index contributed by atoms with van der Waals surface area (Å²) in [5.74, 6) is 0.852. The number of urea groups is 1. The van der Waals surface area contributed by atoms with Crippen LogP contribution in [0.5, 0.6) is 0 Å². The van der Waals surface area contributed by atoms with Crippen LogP contribution in [0.1, 0.15) is 11.3 Å². The van der Waals surface area contributed by atoms with Gasteiger partial charge >= 0.3 is 6.03 Å². The highest BCUT2D eigenvalue weighted by atomic mass is 16.2. The van der Waals surface area contributed by atoms with Gasteiger partial charge in [-0.25, -0.2) is 9.78 Å². The number of pyridine rings is 2. The van der Waals surface area contributed by atoms with Gasteiger partial charge in [0.1, 0.15) is 5.82 Å². The van der Waals surface area contributed by atoms with E-state index in [-0.39, 0.29) is 6.03 Å². The minimum absolute atomic E-state index is 0.0829. The first kappa shape index (κ1) is 16.7. The van der Waals surface area contributed by atoms with Crippen molar-refractivity contribution in [1.29, 1.82) is 0 Å². The van der Waals surface area contributed by atoms with E-state index in [9.17, 15) is 4.79 Å². The van der Waals surface area contributed by atoms with Gasteiger partial charge in [-0.1, -0.05) is 12.1 Å². The van der Waals surface area contributed by atoms with Crippen molar-refractivity contribution in [2.24, 2.45) is 0 Å². The highest BCUT2D eigenvalue weighted by Gasteiger charge is 2.07. The summed E-state index contributed by atoms with van der Waals surface area (Å²) >= 11 is 0. The summed E-state index contributed by atoms with van der Waals surface area (Å²) < 4.78 is 0. The number of amides is 2. The number of carbonyl (C=O) groups excluding carboxylic acids is 1. The molecule has 2 N–H and O–H groups in total. The van der Waals surface area contributed by atoms with E-state index < -0.39 is 0 Å². The predicted octanol–water partition coefficient (Wildman–Crippen LogP) is 2.08. The molecule has 0 atom stereocenters. The molecule has 23 heavy (non-hydrogen) atoms. The van der Waals surface area contributed by atoms with Crippen LogP contribution >= 0.6 is 0 Å². The summed E-state index contributed by atoms with van der Waals surface area (Å²) in [5.41, 5.74) is 2.07. The fourth-order valence-corrected chi connectivity index (χ4v) is 2.09. The van der Waals surface area contributed by atoms with Crippen LogP contribution < -0.4 is 10.6 Å². The van der Waals surface area contributed by atoms with Crippen LogP contribution in [0.25, 0.3) is 0 Å². The topological polar surface area (TPSA) is 70.2 Å². The fourth-order valence-electron chi connectivity index (χ4n) is 2.09. The standard InChI is InChI=1S/C17H23N5O/c1-14-6-5-10-19-16(14)20-11-12-21-17(23)22(2)13-8-15-7-3-4-9-18-15/h3-7,9-10H,8,11-13H2,1-2H3,(H,19,20)(H,21,23). The maximum atomic E-state index is 12.0. The Kier molecular flexibility index (Phi) is 6.35. The van der Waals surface area contributed by atoms with E-state index >= 15 is 0 Å². The highest BCUT2D eigenvalue weighted by molar-refractivity contribution is 5.73. The number of anilines is 1. The molecular weight excluding hydrogens is 290 g/mol. The molecule has 2 aromatic rings. The molecule has 0 radical (unpaired) electrons. The normalized spacial score (nSPS) is 10.2. The lowest BCUT2D eigenvalue weighted by molar-refractivity contribution is 0.209. The number of nitrogens with one attached hydrogen (secondary N) is 2. The number of rotatable bonds is 7. The molecule has 0 aliphatic heterocycles. The quantitative estimate of drug-likeness (QED) is 0.768. The van der Waals surface area contributed by atoms with Crippen LogP contribution in [0.2, 0.25) is 0 Å². The summed E-state index contributed by atoms with van der Waals surface area (Å²) in [6, 6.07) is 9.62. The molecule has 6 heteroatoms. The average Bonchev–Trinajstić information content (AvgIpc) is 2.58. The van der Waals surface area contributed by atoms with Gasteiger partial charge < -0.3 is 15.5 Å². The first-order valence-corrected chi connectivity index (χ1v) is 7.71. The number of likely N-dealkylation sites (N-methyl/N-ethyl adjacent to an activating group) is 1. The monoisotopic (exact) mass is 313 g/mol. The zero-order valence-electron chi connectivity index (χ0n) is 13.6. The SMILES string of the molecule is Cc1cccnc1NCCNC(=O)N(C)CCc1ccccn1. The Labute approximate surface area is 137 Å². The number of aromatic nitrogens is 2. The van der Waals surface area contributed by atoms with E-state index in [1.54, 1.807) is 24.3 Å². The zero-order chi connectivity index (χ0) is 16.5. The Morgan fingerprint density at radius 2 is 1.96 bits per heavy atom. The minimum Gasteiger partial charge on any atom is -0.368 e. The molecule has 0 fully saturated rings. The van der Waals surface area contributed by atoms with E-state index in [0.717, 1.165) is 23.5 Å². The van der Waals surface area contributed by atoms with Gasteiger partial charge in [0, 0.05) is 51.2 Å². The number of hydrogen-bond donors (Lipinski definition) is 2. The third-order valence-electron chi connectivity index (χ3n) is 3.48. The third kappa shape index (κ3) is 5.58. The molecule has 122 valence electrons. The van der Waals surface area contributed by atoms with Crippen LogP contribution in [-0.2, 0) is 6.42 Å². The molecule has 0 saturated carbocycles. The van der Waals surface area contributed by atoms with Crippen molar-refractivity contribution in [3.63, 3.8) is 0 Å². The van der Waals surface area contributed by atoms with Gasteiger partial charge in [0.05, 0.1) is 0 Å². The van der Waals surface area contributed by atoms with Crippen LogP contribution in [0.3, 0.4) is 0 Å². The lowest BCUT2D eigenvalue weighted by atomic mass is 10.2. The van der Waals surface area contributed by atoms with Crippen molar-refractivity contribution < 1.29 is 4.79 Å². The maximum Gasteiger partial charge on any atom is 0.317 e. The van der Waals surface area contributed by atoms with Crippen LogP contribution in [0.4, 0.5) is 10.6 Å². The second-order valence-corrected chi connectivity index (χ2v) is 5.32. The van der Waals surface area contributed by atoms with Crippen LogP contribution in [0.15, 0.2) is 42.7 Å². The average molecular weight is 313 g/mol. The second kappa shape index (κ2) is 8.73. The molecule has 2 aromatic heterocycles.